The Balaban J connectivity index is 3.50. The third kappa shape index (κ3) is 9.84. The van der Waals surface area contributed by atoms with Crippen molar-refractivity contribution in [3.8, 4) is 11.8 Å². The van der Waals surface area contributed by atoms with Crippen LogP contribution in [0.25, 0.3) is 0 Å². The van der Waals surface area contributed by atoms with E-state index >= 15 is 0 Å². The van der Waals surface area contributed by atoms with Crippen LogP contribution in [0.1, 0.15) is 26.2 Å². The lowest BCUT2D eigenvalue weighted by Crippen LogP contribution is -1.97. The molecule has 0 radical (unpaired) electrons. The number of rotatable bonds is 5. The van der Waals surface area contributed by atoms with Gasteiger partial charge in [0.15, 0.2) is 0 Å². The average Bonchev–Trinajstić information content (AvgIpc) is 2.08. The van der Waals surface area contributed by atoms with E-state index in [4.69, 9.17) is 11.6 Å². The van der Waals surface area contributed by atoms with Crippen molar-refractivity contribution < 1.29 is 12.9 Å². The van der Waals surface area contributed by atoms with Crippen LogP contribution >= 0.6 is 11.6 Å². The quantitative estimate of drug-likeness (QED) is 0.404. The summed E-state index contributed by atoms with van der Waals surface area (Å²) >= 11 is 3.31. The Bertz CT molecular complexity index is 209. The van der Waals surface area contributed by atoms with Gasteiger partial charge in [0.2, 0.25) is 0 Å². The molecule has 0 bridgehead atoms. The lowest BCUT2D eigenvalue weighted by molar-refractivity contribution is 0.339. The second-order valence-electron chi connectivity index (χ2n) is 2.40. The minimum absolute atomic E-state index is 0.120. The zero-order valence-corrected chi connectivity index (χ0v) is 8.99. The van der Waals surface area contributed by atoms with E-state index in [0.717, 1.165) is 19.3 Å². The lowest BCUT2D eigenvalue weighted by Gasteiger charge is -2.00. The molecule has 13 heavy (non-hydrogen) atoms. The molecule has 2 unspecified atom stereocenters. The molecule has 0 aliphatic carbocycles. The Hall–Kier alpha value is -0.0800. The Kier molecular flexibility index (Phi) is 8.46. The molecule has 76 valence electrons. The third-order valence-electron chi connectivity index (χ3n) is 1.30. The van der Waals surface area contributed by atoms with Gasteiger partial charge in [-0.25, -0.2) is 4.21 Å². The number of hydrogen-bond donors (Lipinski definition) is 0. The van der Waals surface area contributed by atoms with Crippen LogP contribution in [0.4, 0.5) is 0 Å². The van der Waals surface area contributed by atoms with Crippen molar-refractivity contribution in [1.82, 2.24) is 0 Å². The van der Waals surface area contributed by atoms with Gasteiger partial charge in [0, 0.05) is 0 Å². The summed E-state index contributed by atoms with van der Waals surface area (Å²) in [5, 5.41) is -0.205. The molecule has 0 fully saturated rings. The first-order valence-electron chi connectivity index (χ1n) is 4.01. The summed E-state index contributed by atoms with van der Waals surface area (Å²) in [5.41, 5.74) is 0. The summed E-state index contributed by atoms with van der Waals surface area (Å²) < 4.78 is 24.0. The van der Waals surface area contributed by atoms with E-state index in [1.807, 2.05) is 0 Å². The molecule has 0 aromatic carbocycles. The molecule has 0 aliphatic rings. The van der Waals surface area contributed by atoms with E-state index in [1.165, 1.54) is 0 Å². The highest BCUT2D eigenvalue weighted by atomic mass is 35.5. The van der Waals surface area contributed by atoms with Gasteiger partial charge in [0.25, 0.3) is 0 Å². The lowest BCUT2D eigenvalue weighted by atomic mass is 10.2. The largest absolute Gasteiger partial charge is 0.750 e. The summed E-state index contributed by atoms with van der Waals surface area (Å²) in [4.78, 5) is 0. The second-order valence-corrected chi connectivity index (χ2v) is 3.57. The fourth-order valence-electron chi connectivity index (χ4n) is 0.685. The number of hydrogen-bond acceptors (Lipinski definition) is 3. The van der Waals surface area contributed by atoms with Crippen LogP contribution in [0, 0.1) is 11.8 Å². The van der Waals surface area contributed by atoms with Gasteiger partial charge >= 0.3 is 0 Å². The highest BCUT2D eigenvalue weighted by molar-refractivity contribution is 7.74. The van der Waals surface area contributed by atoms with Crippen molar-refractivity contribution >= 4 is 23.0 Å². The number of alkyl halides is 1. The molecule has 0 N–H and O–H groups in total. The maximum absolute atomic E-state index is 9.89. The third-order valence-corrected chi connectivity index (χ3v) is 1.93. The van der Waals surface area contributed by atoms with E-state index in [2.05, 4.69) is 22.9 Å². The van der Waals surface area contributed by atoms with Gasteiger partial charge in [-0.2, -0.15) is 0 Å². The van der Waals surface area contributed by atoms with Gasteiger partial charge in [-0.3, -0.25) is 4.18 Å². The molecule has 5 heteroatoms. The van der Waals surface area contributed by atoms with Crippen LogP contribution in [0.2, 0.25) is 0 Å². The normalized spacial score (nSPS) is 14.4. The van der Waals surface area contributed by atoms with Crippen molar-refractivity contribution in [3.63, 3.8) is 0 Å². The molecule has 0 saturated heterocycles. The average molecular weight is 224 g/mol. The van der Waals surface area contributed by atoms with E-state index in [1.54, 1.807) is 0 Å². The molecule has 0 aromatic heterocycles. The molecule has 0 aliphatic heterocycles. The van der Waals surface area contributed by atoms with Crippen molar-refractivity contribution in [2.24, 2.45) is 0 Å². The topological polar surface area (TPSA) is 49.4 Å². The standard InChI is InChI=1S/C8H13ClO3S/c1-2-3-5-8(9)6-4-7-12-13(10)11/h8H,2-3,5,7H2,1H3,(H,10,11)/p-1. The predicted octanol–water partition coefficient (Wildman–Crippen LogP) is 1.60. The van der Waals surface area contributed by atoms with Gasteiger partial charge in [0.05, 0.1) is 16.7 Å². The number of unbranched alkanes of at least 4 members (excludes halogenated alkanes) is 1. The Morgan fingerprint density at radius 3 is 2.92 bits per heavy atom. The molecule has 0 aromatic rings. The first kappa shape index (κ1) is 12.9. The van der Waals surface area contributed by atoms with E-state index in [9.17, 15) is 8.76 Å². The van der Waals surface area contributed by atoms with Crippen LogP contribution in [-0.4, -0.2) is 20.7 Å². The first-order valence-corrected chi connectivity index (χ1v) is 5.45. The van der Waals surface area contributed by atoms with E-state index < -0.39 is 11.4 Å². The fourth-order valence-corrected chi connectivity index (χ4v) is 1.07. The summed E-state index contributed by atoms with van der Waals surface area (Å²) in [6.07, 6.45) is 2.93. The molecule has 0 rings (SSSR count). The summed E-state index contributed by atoms with van der Waals surface area (Å²) in [6.45, 7) is 1.95. The van der Waals surface area contributed by atoms with Crippen molar-refractivity contribution in [1.29, 1.82) is 0 Å². The Labute approximate surface area is 86.3 Å². The highest BCUT2D eigenvalue weighted by Crippen LogP contribution is 2.05. The van der Waals surface area contributed by atoms with Gasteiger partial charge in [-0.05, 0) is 6.42 Å². The van der Waals surface area contributed by atoms with E-state index in [-0.39, 0.29) is 12.0 Å². The SMILES string of the molecule is CCCCC(Cl)C#CCOS(=O)[O-]. The van der Waals surface area contributed by atoms with Crippen LogP contribution < -0.4 is 0 Å². The Morgan fingerprint density at radius 2 is 2.38 bits per heavy atom. The molecule has 0 amide bonds. The van der Waals surface area contributed by atoms with E-state index in [0.29, 0.717) is 0 Å². The highest BCUT2D eigenvalue weighted by Gasteiger charge is 1.96. The maximum Gasteiger partial charge on any atom is 0.123 e. The smallest absolute Gasteiger partial charge is 0.123 e. The van der Waals surface area contributed by atoms with Crippen LogP contribution in [-0.2, 0) is 15.5 Å². The molecular formula is C8H12ClO3S-. The van der Waals surface area contributed by atoms with Crippen LogP contribution in [0.15, 0.2) is 0 Å². The first-order chi connectivity index (χ1) is 6.16. The minimum atomic E-state index is -2.48. The van der Waals surface area contributed by atoms with Gasteiger partial charge < -0.3 is 4.55 Å². The van der Waals surface area contributed by atoms with Crippen molar-refractivity contribution in [3.05, 3.63) is 0 Å². The molecular weight excluding hydrogens is 212 g/mol. The predicted molar refractivity (Wildman–Crippen MR) is 51.8 cm³/mol. The van der Waals surface area contributed by atoms with Crippen molar-refractivity contribution in [2.45, 2.75) is 31.6 Å². The summed E-state index contributed by atoms with van der Waals surface area (Å²) in [6, 6.07) is 0. The van der Waals surface area contributed by atoms with Crippen LogP contribution in [0.5, 0.6) is 0 Å². The maximum atomic E-state index is 9.89. The van der Waals surface area contributed by atoms with Gasteiger partial charge in [-0.15, -0.1) is 11.6 Å². The zero-order chi connectivity index (χ0) is 10.1. The van der Waals surface area contributed by atoms with Crippen molar-refractivity contribution in [2.75, 3.05) is 6.61 Å². The fraction of sp³-hybridized carbons (Fsp3) is 0.750. The van der Waals surface area contributed by atoms with Crippen LogP contribution in [0.3, 0.4) is 0 Å². The summed E-state index contributed by atoms with van der Waals surface area (Å²) in [7, 11) is 0. The number of halogens is 1. The molecule has 0 heterocycles. The molecule has 2 atom stereocenters. The monoisotopic (exact) mass is 223 g/mol. The molecule has 0 saturated carbocycles. The minimum Gasteiger partial charge on any atom is -0.750 e. The zero-order valence-electron chi connectivity index (χ0n) is 7.42. The Morgan fingerprint density at radius 1 is 1.69 bits per heavy atom. The van der Waals surface area contributed by atoms with Gasteiger partial charge in [0.1, 0.15) is 6.61 Å². The molecule has 3 nitrogen and oxygen atoms in total. The second kappa shape index (κ2) is 8.52. The van der Waals surface area contributed by atoms with Gasteiger partial charge in [-0.1, -0.05) is 31.6 Å². The molecule has 0 spiro atoms. The summed E-state index contributed by atoms with van der Waals surface area (Å²) in [5.74, 6) is 5.22.